The van der Waals surface area contributed by atoms with E-state index in [1.807, 2.05) is 0 Å². The minimum atomic E-state index is -0.682. The standard InChI is InChI=1S/C6H12O2.In/c1-2-3-4-5-6(7)8;/h2-5H2,1H3,(H,7,8);. The first-order valence-corrected chi connectivity index (χ1v) is 2.99. The molecule has 0 amide bonds. The number of carboxylic acids is 1. The first-order chi connectivity index (χ1) is 3.77. The summed E-state index contributed by atoms with van der Waals surface area (Å²) < 4.78 is 0. The quantitative estimate of drug-likeness (QED) is 0.739. The van der Waals surface area contributed by atoms with Crippen molar-refractivity contribution >= 4 is 31.8 Å². The van der Waals surface area contributed by atoms with E-state index in [0.717, 1.165) is 19.3 Å². The van der Waals surface area contributed by atoms with E-state index in [2.05, 4.69) is 6.92 Å². The Morgan fingerprint density at radius 1 is 1.44 bits per heavy atom. The van der Waals surface area contributed by atoms with E-state index in [1.165, 1.54) is 0 Å². The summed E-state index contributed by atoms with van der Waals surface area (Å²) in [6, 6.07) is 0. The number of unbranched alkanes of at least 4 members (excludes halogenated alkanes) is 2. The fourth-order valence-electron chi connectivity index (χ4n) is 0.526. The molecule has 0 aromatic rings. The molecule has 3 heteroatoms. The normalized spacial score (nSPS) is 8.11. The fourth-order valence-corrected chi connectivity index (χ4v) is 0.526. The zero-order valence-corrected chi connectivity index (χ0v) is 9.06. The van der Waals surface area contributed by atoms with Crippen LogP contribution in [0, 0.1) is 0 Å². The summed E-state index contributed by atoms with van der Waals surface area (Å²) in [4.78, 5) is 9.87. The summed E-state index contributed by atoms with van der Waals surface area (Å²) in [7, 11) is 0. The monoisotopic (exact) mass is 231 g/mol. The second kappa shape index (κ2) is 8.34. The predicted octanol–water partition coefficient (Wildman–Crippen LogP) is 1.27. The molecule has 0 atom stereocenters. The second-order valence-electron chi connectivity index (χ2n) is 1.85. The van der Waals surface area contributed by atoms with Crippen molar-refractivity contribution in [2.45, 2.75) is 32.6 Å². The number of carboxylic acid groups (broad SMARTS) is 1. The summed E-state index contributed by atoms with van der Waals surface area (Å²) >= 11 is 0. The van der Waals surface area contributed by atoms with Crippen LogP contribution >= 0.6 is 0 Å². The predicted molar refractivity (Wildman–Crippen MR) is 37.5 cm³/mol. The van der Waals surface area contributed by atoms with Gasteiger partial charge in [0.1, 0.15) is 0 Å². The Balaban J connectivity index is 0. The molecule has 9 heavy (non-hydrogen) atoms. The van der Waals surface area contributed by atoms with E-state index in [-0.39, 0.29) is 25.8 Å². The van der Waals surface area contributed by atoms with Crippen LogP contribution in [-0.2, 0) is 4.79 Å². The zero-order chi connectivity index (χ0) is 6.41. The van der Waals surface area contributed by atoms with Gasteiger partial charge in [-0.15, -0.1) is 0 Å². The maximum Gasteiger partial charge on any atom is 0.303 e. The first-order valence-electron chi connectivity index (χ1n) is 2.99. The molecule has 0 spiro atoms. The Labute approximate surface area is 74.4 Å². The van der Waals surface area contributed by atoms with Gasteiger partial charge in [-0.1, -0.05) is 19.8 Å². The molecule has 0 heterocycles. The van der Waals surface area contributed by atoms with E-state index in [0.29, 0.717) is 6.42 Å². The van der Waals surface area contributed by atoms with Crippen molar-refractivity contribution in [2.75, 3.05) is 0 Å². The fraction of sp³-hybridized carbons (Fsp3) is 0.833. The van der Waals surface area contributed by atoms with Crippen LogP contribution in [0.5, 0.6) is 0 Å². The number of carbonyl (C=O) groups is 1. The molecule has 0 aliphatic rings. The third-order valence-electron chi connectivity index (χ3n) is 0.994. The molecule has 0 rings (SSSR count). The van der Waals surface area contributed by atoms with Crippen LogP contribution in [0.15, 0.2) is 0 Å². The maximum atomic E-state index is 9.87. The van der Waals surface area contributed by atoms with Gasteiger partial charge in [0.05, 0.1) is 0 Å². The largest absolute Gasteiger partial charge is 0.481 e. The zero-order valence-electron chi connectivity index (χ0n) is 5.76. The molecule has 1 N–H and O–H groups in total. The van der Waals surface area contributed by atoms with Gasteiger partial charge in [0, 0.05) is 32.3 Å². The average molecular weight is 231 g/mol. The van der Waals surface area contributed by atoms with Gasteiger partial charge in [-0.05, 0) is 6.42 Å². The Hall–Kier alpha value is 0.340. The van der Waals surface area contributed by atoms with Gasteiger partial charge in [0.25, 0.3) is 0 Å². The SMILES string of the molecule is CCCCCC(=O)O.[In]. The molecule has 0 aromatic heterocycles. The Bertz CT molecular complexity index is 73.5. The minimum Gasteiger partial charge on any atom is -0.481 e. The molecule has 0 aliphatic heterocycles. The smallest absolute Gasteiger partial charge is 0.303 e. The van der Waals surface area contributed by atoms with E-state index >= 15 is 0 Å². The van der Waals surface area contributed by atoms with Crippen molar-refractivity contribution in [1.29, 1.82) is 0 Å². The van der Waals surface area contributed by atoms with Gasteiger partial charge in [-0.2, -0.15) is 0 Å². The summed E-state index contributed by atoms with van der Waals surface area (Å²) in [5.41, 5.74) is 0. The Morgan fingerprint density at radius 2 is 2.00 bits per heavy atom. The third kappa shape index (κ3) is 11.8. The van der Waals surface area contributed by atoms with Crippen molar-refractivity contribution in [3.63, 3.8) is 0 Å². The van der Waals surface area contributed by atoms with Crippen LogP contribution in [-0.4, -0.2) is 36.9 Å². The molecule has 0 saturated heterocycles. The van der Waals surface area contributed by atoms with E-state index in [9.17, 15) is 4.79 Å². The number of hydrogen-bond acceptors (Lipinski definition) is 1. The number of rotatable bonds is 4. The Morgan fingerprint density at radius 3 is 2.33 bits per heavy atom. The van der Waals surface area contributed by atoms with Crippen molar-refractivity contribution in [3.8, 4) is 0 Å². The average Bonchev–Trinajstić information content (AvgIpc) is 1.66. The van der Waals surface area contributed by atoms with Gasteiger partial charge in [0.15, 0.2) is 0 Å². The van der Waals surface area contributed by atoms with Crippen LogP contribution in [0.4, 0.5) is 0 Å². The second-order valence-corrected chi connectivity index (χ2v) is 1.85. The van der Waals surface area contributed by atoms with Crippen molar-refractivity contribution in [2.24, 2.45) is 0 Å². The maximum absolute atomic E-state index is 9.87. The molecule has 0 unspecified atom stereocenters. The third-order valence-corrected chi connectivity index (χ3v) is 0.994. The van der Waals surface area contributed by atoms with Crippen molar-refractivity contribution < 1.29 is 9.90 Å². The van der Waals surface area contributed by atoms with Gasteiger partial charge in [0.2, 0.25) is 0 Å². The molecular weight excluding hydrogens is 219 g/mol. The van der Waals surface area contributed by atoms with Crippen LogP contribution in [0.25, 0.3) is 0 Å². The summed E-state index contributed by atoms with van der Waals surface area (Å²) in [5, 5.41) is 8.14. The van der Waals surface area contributed by atoms with Crippen LogP contribution in [0.2, 0.25) is 0 Å². The molecule has 0 fully saturated rings. The molecule has 0 bridgehead atoms. The first kappa shape index (κ1) is 12.1. The number of hydrogen-bond donors (Lipinski definition) is 1. The molecule has 0 aromatic carbocycles. The molecule has 0 saturated carbocycles. The van der Waals surface area contributed by atoms with Gasteiger partial charge < -0.3 is 5.11 Å². The van der Waals surface area contributed by atoms with E-state index in [1.54, 1.807) is 0 Å². The molecular formula is C6H12InO2. The van der Waals surface area contributed by atoms with Crippen molar-refractivity contribution in [1.82, 2.24) is 0 Å². The topological polar surface area (TPSA) is 37.3 Å². The summed E-state index contributed by atoms with van der Waals surface area (Å²) in [6.45, 7) is 2.06. The van der Waals surface area contributed by atoms with Crippen molar-refractivity contribution in [3.05, 3.63) is 0 Å². The van der Waals surface area contributed by atoms with Gasteiger partial charge in [-0.25, -0.2) is 0 Å². The summed E-state index contributed by atoms with van der Waals surface area (Å²) in [5.74, 6) is -0.682. The van der Waals surface area contributed by atoms with Gasteiger partial charge >= 0.3 is 5.97 Å². The molecule has 2 nitrogen and oxygen atoms in total. The number of aliphatic carboxylic acids is 1. The Kier molecular flexibility index (Phi) is 11.2. The van der Waals surface area contributed by atoms with Gasteiger partial charge in [-0.3, -0.25) is 4.79 Å². The van der Waals surface area contributed by atoms with E-state index < -0.39 is 5.97 Å². The molecule has 51 valence electrons. The minimum absolute atomic E-state index is 0. The summed E-state index contributed by atoms with van der Waals surface area (Å²) in [6.07, 6.45) is 3.28. The molecule has 0 aliphatic carbocycles. The van der Waals surface area contributed by atoms with Crippen LogP contribution < -0.4 is 0 Å². The molecule has 3 radical (unpaired) electrons. The van der Waals surface area contributed by atoms with Crippen LogP contribution in [0.1, 0.15) is 32.6 Å². The van der Waals surface area contributed by atoms with E-state index in [4.69, 9.17) is 5.11 Å². The van der Waals surface area contributed by atoms with Crippen LogP contribution in [0.3, 0.4) is 0 Å².